The smallest absolute Gasteiger partial charge is 0.193 e. The number of aliphatic hydroxyl groups is 1. The van der Waals surface area contributed by atoms with E-state index < -0.39 is 5.60 Å². The number of benzene rings is 2. The van der Waals surface area contributed by atoms with Gasteiger partial charge in [-0.15, -0.1) is 0 Å². The lowest BCUT2D eigenvalue weighted by molar-refractivity contribution is 0.0488. The van der Waals surface area contributed by atoms with Crippen molar-refractivity contribution in [2.24, 2.45) is 0 Å². The summed E-state index contributed by atoms with van der Waals surface area (Å²) >= 11 is 0. The number of rotatable bonds is 5. The molecule has 2 rings (SSSR count). The maximum Gasteiger partial charge on any atom is 0.193 e. The molecule has 0 aliphatic rings. The number of hydrogen-bond acceptors (Lipinski definition) is 2. The SMILES string of the molecule is CC(C)(O)C(=O)c1ccc(CCc2ccccc2)cc1. The second kappa shape index (κ2) is 6.02. The summed E-state index contributed by atoms with van der Waals surface area (Å²) in [5.41, 5.74) is 1.75. The van der Waals surface area contributed by atoms with Gasteiger partial charge in [0, 0.05) is 5.56 Å². The Bertz CT molecular complexity index is 563. The Morgan fingerprint density at radius 3 is 1.90 bits per heavy atom. The van der Waals surface area contributed by atoms with Gasteiger partial charge in [-0.25, -0.2) is 0 Å². The molecule has 0 heterocycles. The van der Waals surface area contributed by atoms with E-state index in [9.17, 15) is 9.90 Å². The first-order valence-electron chi connectivity index (χ1n) is 6.87. The minimum Gasteiger partial charge on any atom is -0.382 e. The number of carbonyl (C=O) groups is 1. The highest BCUT2D eigenvalue weighted by molar-refractivity contribution is 6.01. The van der Waals surface area contributed by atoms with Gasteiger partial charge in [-0.2, -0.15) is 0 Å². The molecule has 20 heavy (non-hydrogen) atoms. The fourth-order valence-electron chi connectivity index (χ4n) is 2.11. The zero-order valence-electron chi connectivity index (χ0n) is 12.0. The maximum atomic E-state index is 11.9. The summed E-state index contributed by atoms with van der Waals surface area (Å²) in [7, 11) is 0. The molecule has 0 aromatic heterocycles. The molecule has 2 heteroatoms. The molecule has 0 atom stereocenters. The van der Waals surface area contributed by atoms with Crippen LogP contribution in [-0.4, -0.2) is 16.5 Å². The van der Waals surface area contributed by atoms with Crippen molar-refractivity contribution in [1.82, 2.24) is 0 Å². The highest BCUT2D eigenvalue weighted by atomic mass is 16.3. The molecule has 0 fully saturated rings. The van der Waals surface area contributed by atoms with Gasteiger partial charge in [-0.1, -0.05) is 54.6 Å². The van der Waals surface area contributed by atoms with Crippen LogP contribution >= 0.6 is 0 Å². The van der Waals surface area contributed by atoms with E-state index in [0.29, 0.717) is 5.56 Å². The minimum atomic E-state index is -1.31. The van der Waals surface area contributed by atoms with Crippen molar-refractivity contribution < 1.29 is 9.90 Å². The monoisotopic (exact) mass is 268 g/mol. The average Bonchev–Trinajstić information content (AvgIpc) is 2.45. The van der Waals surface area contributed by atoms with E-state index in [0.717, 1.165) is 12.8 Å². The molecular weight excluding hydrogens is 248 g/mol. The molecule has 0 aliphatic carbocycles. The van der Waals surface area contributed by atoms with Crippen molar-refractivity contribution in [3.05, 3.63) is 71.3 Å². The van der Waals surface area contributed by atoms with Crippen molar-refractivity contribution in [2.75, 3.05) is 0 Å². The van der Waals surface area contributed by atoms with Crippen LogP contribution in [0.5, 0.6) is 0 Å². The summed E-state index contributed by atoms with van der Waals surface area (Å²) < 4.78 is 0. The molecule has 104 valence electrons. The third kappa shape index (κ3) is 3.78. The summed E-state index contributed by atoms with van der Waals surface area (Å²) in [6, 6.07) is 17.8. The second-order valence-corrected chi connectivity index (χ2v) is 5.57. The predicted molar refractivity (Wildman–Crippen MR) is 80.9 cm³/mol. The van der Waals surface area contributed by atoms with E-state index in [1.54, 1.807) is 12.1 Å². The van der Waals surface area contributed by atoms with Crippen LogP contribution in [0.3, 0.4) is 0 Å². The largest absolute Gasteiger partial charge is 0.382 e. The molecule has 2 aromatic carbocycles. The summed E-state index contributed by atoms with van der Waals surface area (Å²) in [6.07, 6.45) is 1.93. The first-order valence-corrected chi connectivity index (χ1v) is 6.87. The summed E-state index contributed by atoms with van der Waals surface area (Å²) in [5.74, 6) is -0.243. The number of hydrogen-bond donors (Lipinski definition) is 1. The van der Waals surface area contributed by atoms with Crippen molar-refractivity contribution in [2.45, 2.75) is 32.3 Å². The van der Waals surface area contributed by atoms with Crippen LogP contribution in [0, 0.1) is 0 Å². The number of Topliss-reactive ketones (excluding diaryl/α,β-unsaturated/α-hetero) is 1. The topological polar surface area (TPSA) is 37.3 Å². The fraction of sp³-hybridized carbons (Fsp3) is 0.278. The van der Waals surface area contributed by atoms with Crippen LogP contribution < -0.4 is 0 Å². The van der Waals surface area contributed by atoms with Crippen LogP contribution in [0.2, 0.25) is 0 Å². The minimum absolute atomic E-state index is 0.243. The summed E-state index contributed by atoms with van der Waals surface area (Å²) in [4.78, 5) is 11.9. The molecule has 0 amide bonds. The predicted octanol–water partition coefficient (Wildman–Crippen LogP) is 3.43. The van der Waals surface area contributed by atoms with Gasteiger partial charge in [0.15, 0.2) is 5.78 Å². The molecule has 2 nitrogen and oxygen atoms in total. The van der Waals surface area contributed by atoms with Gasteiger partial charge in [0.25, 0.3) is 0 Å². The van der Waals surface area contributed by atoms with Crippen LogP contribution in [0.15, 0.2) is 54.6 Å². The van der Waals surface area contributed by atoms with Gasteiger partial charge in [0.1, 0.15) is 5.60 Å². The Morgan fingerprint density at radius 2 is 1.40 bits per heavy atom. The zero-order chi connectivity index (χ0) is 14.6. The standard InChI is InChI=1S/C18H20O2/c1-18(2,20)17(19)16-12-10-15(11-13-16)9-8-14-6-4-3-5-7-14/h3-7,10-13,20H,8-9H2,1-2H3. The quantitative estimate of drug-likeness (QED) is 0.844. The first-order chi connectivity index (χ1) is 9.47. The average molecular weight is 268 g/mol. The molecule has 0 radical (unpaired) electrons. The van der Waals surface area contributed by atoms with E-state index in [1.807, 2.05) is 30.3 Å². The molecule has 0 saturated carbocycles. The molecule has 0 aliphatic heterocycles. The van der Waals surface area contributed by atoms with Crippen LogP contribution in [-0.2, 0) is 12.8 Å². The third-order valence-corrected chi connectivity index (χ3v) is 3.32. The van der Waals surface area contributed by atoms with Crippen LogP contribution in [0.4, 0.5) is 0 Å². The zero-order valence-corrected chi connectivity index (χ0v) is 12.0. The Labute approximate surface area is 120 Å². The third-order valence-electron chi connectivity index (χ3n) is 3.32. The Kier molecular flexibility index (Phi) is 4.35. The molecule has 0 spiro atoms. The van der Waals surface area contributed by atoms with Gasteiger partial charge >= 0.3 is 0 Å². The second-order valence-electron chi connectivity index (χ2n) is 5.57. The Balaban J connectivity index is 2.00. The molecule has 2 aromatic rings. The first kappa shape index (κ1) is 14.5. The summed E-state index contributed by atoms with van der Waals surface area (Å²) in [5, 5.41) is 9.71. The highest BCUT2D eigenvalue weighted by Gasteiger charge is 2.24. The molecule has 0 bridgehead atoms. The van der Waals surface area contributed by atoms with Crippen molar-refractivity contribution >= 4 is 5.78 Å². The Morgan fingerprint density at radius 1 is 0.900 bits per heavy atom. The molecule has 1 N–H and O–H groups in total. The van der Waals surface area contributed by atoms with Gasteiger partial charge in [0.2, 0.25) is 0 Å². The molecule has 0 unspecified atom stereocenters. The normalized spacial score (nSPS) is 11.3. The van der Waals surface area contributed by atoms with Gasteiger partial charge in [-0.05, 0) is 37.8 Å². The highest BCUT2D eigenvalue weighted by Crippen LogP contribution is 2.14. The lowest BCUT2D eigenvalue weighted by atomic mass is 9.95. The number of aryl methyl sites for hydroxylation is 2. The van der Waals surface area contributed by atoms with E-state index in [1.165, 1.54) is 25.0 Å². The van der Waals surface area contributed by atoms with E-state index in [4.69, 9.17) is 0 Å². The lowest BCUT2D eigenvalue weighted by Crippen LogP contribution is -2.31. The Hall–Kier alpha value is -1.93. The van der Waals surface area contributed by atoms with Crippen molar-refractivity contribution in [3.8, 4) is 0 Å². The molecule has 0 saturated heterocycles. The van der Waals surface area contributed by atoms with Gasteiger partial charge in [-0.3, -0.25) is 4.79 Å². The molecular formula is C18H20O2. The maximum absolute atomic E-state index is 11.9. The fourth-order valence-corrected chi connectivity index (χ4v) is 2.11. The van der Waals surface area contributed by atoms with Gasteiger partial charge < -0.3 is 5.11 Å². The van der Waals surface area contributed by atoms with E-state index in [-0.39, 0.29) is 5.78 Å². The van der Waals surface area contributed by atoms with Crippen molar-refractivity contribution in [3.63, 3.8) is 0 Å². The van der Waals surface area contributed by atoms with Gasteiger partial charge in [0.05, 0.1) is 0 Å². The lowest BCUT2D eigenvalue weighted by Gasteiger charge is -2.15. The van der Waals surface area contributed by atoms with Crippen LogP contribution in [0.1, 0.15) is 35.3 Å². The van der Waals surface area contributed by atoms with E-state index in [2.05, 4.69) is 12.1 Å². The summed E-state index contributed by atoms with van der Waals surface area (Å²) in [6.45, 7) is 3.03. The van der Waals surface area contributed by atoms with Crippen LogP contribution in [0.25, 0.3) is 0 Å². The number of carbonyl (C=O) groups excluding carboxylic acids is 1. The van der Waals surface area contributed by atoms with Crippen molar-refractivity contribution in [1.29, 1.82) is 0 Å². The van der Waals surface area contributed by atoms with E-state index >= 15 is 0 Å². The number of ketones is 1.